The van der Waals surface area contributed by atoms with E-state index in [9.17, 15) is 0 Å². The lowest BCUT2D eigenvalue weighted by Gasteiger charge is -2.18. The Hall–Kier alpha value is -0.900. The van der Waals surface area contributed by atoms with Gasteiger partial charge in [0.05, 0.1) is 5.01 Å². The summed E-state index contributed by atoms with van der Waals surface area (Å²) in [6.45, 7) is 5.12. The molecule has 102 valence electrons. The summed E-state index contributed by atoms with van der Waals surface area (Å²) in [4.78, 5) is 5.57. The lowest BCUT2D eigenvalue weighted by atomic mass is 10.0. The van der Waals surface area contributed by atoms with Gasteiger partial charge < -0.3 is 5.32 Å². The molecule has 0 fully saturated rings. The molecule has 0 bridgehead atoms. The Morgan fingerprint density at radius 1 is 1.32 bits per heavy atom. The largest absolute Gasteiger partial charge is 0.305 e. The number of nitrogens with zero attached hydrogens (tertiary/aromatic N) is 1. The van der Waals surface area contributed by atoms with Crippen LogP contribution in [0.1, 0.15) is 41.3 Å². The molecule has 0 amide bonds. The van der Waals surface area contributed by atoms with Crippen LogP contribution in [0.5, 0.6) is 0 Å². The van der Waals surface area contributed by atoms with Crippen LogP contribution in [0, 0.1) is 6.92 Å². The summed E-state index contributed by atoms with van der Waals surface area (Å²) in [6.07, 6.45) is 4.24. The van der Waals surface area contributed by atoms with Gasteiger partial charge in [-0.15, -0.1) is 11.3 Å². The fourth-order valence-corrected chi connectivity index (χ4v) is 2.95. The molecule has 19 heavy (non-hydrogen) atoms. The summed E-state index contributed by atoms with van der Waals surface area (Å²) in [5, 5.41) is 5.52. The quantitative estimate of drug-likeness (QED) is 0.832. The van der Waals surface area contributed by atoms with Crippen LogP contribution >= 0.6 is 22.9 Å². The maximum Gasteiger partial charge on any atom is 0.0897 e. The van der Waals surface area contributed by atoms with Crippen molar-refractivity contribution in [2.75, 3.05) is 0 Å². The van der Waals surface area contributed by atoms with Gasteiger partial charge in [-0.05, 0) is 31.0 Å². The Labute approximate surface area is 123 Å². The second-order valence-corrected chi connectivity index (χ2v) is 6.38. The van der Waals surface area contributed by atoms with Crippen molar-refractivity contribution in [1.29, 1.82) is 0 Å². The number of aryl methyl sites for hydroxylation is 1. The molecule has 1 atom stereocenters. The highest BCUT2D eigenvalue weighted by atomic mass is 35.5. The van der Waals surface area contributed by atoms with Crippen molar-refractivity contribution >= 4 is 22.9 Å². The zero-order chi connectivity index (χ0) is 13.7. The second kappa shape index (κ2) is 7.04. The van der Waals surface area contributed by atoms with E-state index in [0.29, 0.717) is 6.04 Å². The predicted octanol–water partition coefficient (Wildman–Crippen LogP) is 4.74. The highest BCUT2D eigenvalue weighted by Crippen LogP contribution is 2.22. The van der Waals surface area contributed by atoms with E-state index < -0.39 is 0 Å². The summed E-state index contributed by atoms with van der Waals surface area (Å²) in [5.74, 6) is 0. The molecule has 2 nitrogen and oxygen atoms in total. The highest BCUT2D eigenvalue weighted by molar-refractivity contribution is 7.11. The Balaban J connectivity index is 2.01. The topological polar surface area (TPSA) is 24.9 Å². The van der Waals surface area contributed by atoms with E-state index in [1.54, 1.807) is 11.3 Å². The van der Waals surface area contributed by atoms with E-state index in [4.69, 9.17) is 11.6 Å². The van der Waals surface area contributed by atoms with Gasteiger partial charge in [-0.3, -0.25) is 0 Å². The van der Waals surface area contributed by atoms with Gasteiger partial charge in [0.25, 0.3) is 0 Å². The number of aromatic nitrogens is 1. The smallest absolute Gasteiger partial charge is 0.0897 e. The number of hydrogen-bond acceptors (Lipinski definition) is 3. The molecule has 1 aromatic carbocycles. The number of nitrogens with one attached hydrogen (secondary N) is 1. The average molecular weight is 295 g/mol. The molecule has 0 aliphatic heterocycles. The van der Waals surface area contributed by atoms with Gasteiger partial charge in [0.2, 0.25) is 0 Å². The third kappa shape index (κ3) is 4.30. The number of hydrogen-bond donors (Lipinski definition) is 1. The van der Waals surface area contributed by atoms with E-state index >= 15 is 0 Å². The van der Waals surface area contributed by atoms with Gasteiger partial charge in [-0.2, -0.15) is 0 Å². The van der Waals surface area contributed by atoms with Gasteiger partial charge >= 0.3 is 0 Å². The number of rotatable bonds is 6. The first-order valence-corrected chi connectivity index (χ1v) is 7.78. The van der Waals surface area contributed by atoms with Crippen molar-refractivity contribution in [3.8, 4) is 0 Å². The van der Waals surface area contributed by atoms with Gasteiger partial charge in [0, 0.05) is 28.7 Å². The van der Waals surface area contributed by atoms with Crippen molar-refractivity contribution < 1.29 is 0 Å². The third-order valence-electron chi connectivity index (χ3n) is 3.04. The van der Waals surface area contributed by atoms with Crippen LogP contribution in [0.15, 0.2) is 30.5 Å². The van der Waals surface area contributed by atoms with Gasteiger partial charge in [0.1, 0.15) is 0 Å². The maximum atomic E-state index is 5.94. The molecule has 0 aliphatic rings. The summed E-state index contributed by atoms with van der Waals surface area (Å²) in [7, 11) is 0. The molecule has 0 saturated heterocycles. The molecule has 0 radical (unpaired) electrons. The van der Waals surface area contributed by atoms with Crippen LogP contribution in [0.3, 0.4) is 0 Å². The summed E-state index contributed by atoms with van der Waals surface area (Å²) >= 11 is 7.69. The number of halogens is 1. The Bertz CT molecular complexity index is 507. The van der Waals surface area contributed by atoms with Crippen molar-refractivity contribution in [2.45, 2.75) is 39.3 Å². The van der Waals surface area contributed by atoms with E-state index in [2.05, 4.69) is 29.4 Å². The third-order valence-corrected chi connectivity index (χ3v) is 4.21. The first kappa shape index (κ1) is 14.5. The number of thiazole rings is 1. The predicted molar refractivity (Wildman–Crippen MR) is 82.8 cm³/mol. The van der Waals surface area contributed by atoms with Crippen LogP contribution in [0.2, 0.25) is 5.02 Å². The lowest BCUT2D eigenvalue weighted by molar-refractivity contribution is 0.496. The molecule has 2 rings (SSSR count). The summed E-state index contributed by atoms with van der Waals surface area (Å²) < 4.78 is 0. The van der Waals surface area contributed by atoms with Crippen molar-refractivity contribution in [1.82, 2.24) is 10.3 Å². The fourth-order valence-electron chi connectivity index (χ4n) is 2.08. The Kier molecular flexibility index (Phi) is 5.37. The molecular formula is C15H19ClN2S. The molecule has 1 N–H and O–H groups in total. The molecule has 0 aliphatic carbocycles. The van der Waals surface area contributed by atoms with Crippen LogP contribution in [-0.2, 0) is 6.54 Å². The molecule has 0 spiro atoms. The first-order chi connectivity index (χ1) is 9.19. The Morgan fingerprint density at radius 3 is 2.63 bits per heavy atom. The van der Waals surface area contributed by atoms with Crippen molar-refractivity contribution in [3.05, 3.63) is 50.9 Å². The van der Waals surface area contributed by atoms with Gasteiger partial charge in [-0.25, -0.2) is 4.98 Å². The molecule has 1 heterocycles. The first-order valence-electron chi connectivity index (χ1n) is 6.59. The molecule has 2 aromatic rings. The fraction of sp³-hybridized carbons (Fsp3) is 0.400. The zero-order valence-electron chi connectivity index (χ0n) is 11.3. The van der Waals surface area contributed by atoms with E-state index in [0.717, 1.165) is 29.4 Å². The van der Waals surface area contributed by atoms with Gasteiger partial charge in [-0.1, -0.05) is 37.1 Å². The minimum atomic E-state index is 0.379. The summed E-state index contributed by atoms with van der Waals surface area (Å²) in [5.41, 5.74) is 1.30. The number of benzene rings is 1. The lowest BCUT2D eigenvalue weighted by Crippen LogP contribution is -2.20. The molecular weight excluding hydrogens is 276 g/mol. The Morgan fingerprint density at radius 2 is 2.05 bits per heavy atom. The van der Waals surface area contributed by atoms with E-state index in [1.165, 1.54) is 10.4 Å². The molecule has 1 unspecified atom stereocenters. The van der Waals surface area contributed by atoms with Crippen LogP contribution in [0.4, 0.5) is 0 Å². The monoisotopic (exact) mass is 294 g/mol. The van der Waals surface area contributed by atoms with Crippen LogP contribution in [-0.4, -0.2) is 4.98 Å². The standard InChI is InChI=1S/C15H19ClN2S/c1-3-4-15(12-5-7-13(16)8-6-12)18-10-14-9-17-11(2)19-14/h5-9,15,18H,3-4,10H2,1-2H3. The highest BCUT2D eigenvalue weighted by Gasteiger charge is 2.10. The van der Waals surface area contributed by atoms with Crippen LogP contribution in [0.25, 0.3) is 0 Å². The van der Waals surface area contributed by atoms with Crippen molar-refractivity contribution in [2.24, 2.45) is 0 Å². The minimum absolute atomic E-state index is 0.379. The maximum absolute atomic E-state index is 5.94. The SMILES string of the molecule is CCCC(NCc1cnc(C)s1)c1ccc(Cl)cc1. The molecule has 1 aromatic heterocycles. The normalized spacial score (nSPS) is 12.6. The average Bonchev–Trinajstić information content (AvgIpc) is 2.81. The van der Waals surface area contributed by atoms with Gasteiger partial charge in [0.15, 0.2) is 0 Å². The molecule has 4 heteroatoms. The minimum Gasteiger partial charge on any atom is -0.305 e. The van der Waals surface area contributed by atoms with E-state index in [1.807, 2.05) is 25.3 Å². The second-order valence-electron chi connectivity index (χ2n) is 4.62. The molecule has 0 saturated carbocycles. The van der Waals surface area contributed by atoms with Crippen LogP contribution < -0.4 is 5.32 Å². The van der Waals surface area contributed by atoms with E-state index in [-0.39, 0.29) is 0 Å². The summed E-state index contributed by atoms with van der Waals surface area (Å²) in [6, 6.07) is 8.50. The van der Waals surface area contributed by atoms with Crippen molar-refractivity contribution in [3.63, 3.8) is 0 Å². The zero-order valence-corrected chi connectivity index (χ0v) is 12.9.